The van der Waals surface area contributed by atoms with Gasteiger partial charge in [0.1, 0.15) is 5.75 Å². The van der Waals surface area contributed by atoms with Gasteiger partial charge in [-0.15, -0.1) is 10.2 Å². The van der Waals surface area contributed by atoms with Crippen LogP contribution in [-0.2, 0) is 4.79 Å². The van der Waals surface area contributed by atoms with E-state index < -0.39 is 0 Å². The fourth-order valence-electron chi connectivity index (χ4n) is 2.69. The number of carbonyl (C=O) groups is 1. The summed E-state index contributed by atoms with van der Waals surface area (Å²) in [5, 5.41) is 8.31. The number of amides is 1. The zero-order valence-electron chi connectivity index (χ0n) is 12.8. The van der Waals surface area contributed by atoms with Crippen molar-refractivity contribution in [3.63, 3.8) is 0 Å². The molecule has 0 radical (unpaired) electrons. The molecule has 6 heteroatoms. The molecule has 3 rings (SSSR count). The number of rotatable bonds is 3. The van der Waals surface area contributed by atoms with Gasteiger partial charge in [-0.1, -0.05) is 0 Å². The lowest BCUT2D eigenvalue weighted by atomic mass is 9.97. The number of piperidine rings is 1. The molecule has 0 aliphatic carbocycles. The molecule has 6 nitrogen and oxygen atoms in total. The molecular weight excluding hydrogens is 282 g/mol. The van der Waals surface area contributed by atoms with E-state index in [1.54, 1.807) is 14.0 Å². The predicted octanol–water partition coefficient (Wildman–Crippen LogP) is 2.47. The Morgan fingerprint density at radius 1 is 1.23 bits per heavy atom. The van der Waals surface area contributed by atoms with Crippen LogP contribution in [0.3, 0.4) is 0 Å². The smallest absolute Gasteiger partial charge is 0.247 e. The Kier molecular flexibility index (Phi) is 4.09. The maximum Gasteiger partial charge on any atom is 0.247 e. The molecule has 1 saturated heterocycles. The molecule has 0 bridgehead atoms. The molecule has 0 atom stereocenters. The van der Waals surface area contributed by atoms with Gasteiger partial charge in [0, 0.05) is 31.5 Å². The highest BCUT2D eigenvalue weighted by Gasteiger charge is 2.26. The van der Waals surface area contributed by atoms with Crippen LogP contribution >= 0.6 is 0 Å². The minimum absolute atomic E-state index is 0.128. The van der Waals surface area contributed by atoms with E-state index >= 15 is 0 Å². The minimum Gasteiger partial charge on any atom is -0.497 e. The van der Waals surface area contributed by atoms with Crippen LogP contribution in [0.2, 0.25) is 0 Å². The molecule has 1 aliphatic heterocycles. The van der Waals surface area contributed by atoms with E-state index in [1.807, 2.05) is 29.2 Å². The second-order valence-corrected chi connectivity index (χ2v) is 5.45. The molecule has 116 valence electrons. The van der Waals surface area contributed by atoms with Gasteiger partial charge in [0.15, 0.2) is 0 Å². The molecular formula is C16H19N3O3. The van der Waals surface area contributed by atoms with Crippen molar-refractivity contribution in [2.75, 3.05) is 20.2 Å². The van der Waals surface area contributed by atoms with E-state index in [1.165, 1.54) is 0 Å². The van der Waals surface area contributed by atoms with Crippen molar-refractivity contribution in [2.45, 2.75) is 25.7 Å². The summed E-state index contributed by atoms with van der Waals surface area (Å²) in [5.41, 5.74) is 0.876. The highest BCUT2D eigenvalue weighted by atomic mass is 16.5. The number of hydrogen-bond donors (Lipinski definition) is 0. The molecule has 0 unspecified atom stereocenters. The maximum absolute atomic E-state index is 11.3. The second kappa shape index (κ2) is 6.17. The van der Waals surface area contributed by atoms with E-state index in [-0.39, 0.29) is 11.8 Å². The van der Waals surface area contributed by atoms with Crippen LogP contribution in [0.25, 0.3) is 11.5 Å². The number of nitrogens with zero attached hydrogens (tertiary/aromatic N) is 3. The molecule has 1 aromatic carbocycles. The average molecular weight is 301 g/mol. The minimum atomic E-state index is 0.128. The Bertz CT molecular complexity index is 643. The van der Waals surface area contributed by atoms with Gasteiger partial charge in [-0.05, 0) is 37.1 Å². The number of hydrogen-bond acceptors (Lipinski definition) is 5. The molecule has 1 fully saturated rings. The standard InChI is InChI=1S/C16H19N3O3/c1-11(20)19-9-7-13(8-10-19)16-18-17-15(22-16)12-3-5-14(21-2)6-4-12/h3-6,13H,7-10H2,1-2H3. The molecule has 22 heavy (non-hydrogen) atoms. The number of ether oxygens (including phenoxy) is 1. The summed E-state index contributed by atoms with van der Waals surface area (Å²) in [6.07, 6.45) is 1.73. The lowest BCUT2D eigenvalue weighted by Gasteiger charge is -2.29. The van der Waals surface area contributed by atoms with Crippen LogP contribution in [0.1, 0.15) is 31.6 Å². The topological polar surface area (TPSA) is 68.5 Å². The number of carbonyl (C=O) groups excluding carboxylic acids is 1. The number of methoxy groups -OCH3 is 1. The third-order valence-electron chi connectivity index (χ3n) is 4.07. The summed E-state index contributed by atoms with van der Waals surface area (Å²) in [7, 11) is 1.63. The molecule has 1 amide bonds. The Balaban J connectivity index is 1.70. The van der Waals surface area contributed by atoms with Crippen molar-refractivity contribution < 1.29 is 13.9 Å². The van der Waals surface area contributed by atoms with Gasteiger partial charge in [-0.2, -0.15) is 0 Å². The number of likely N-dealkylation sites (tertiary alicyclic amines) is 1. The van der Waals surface area contributed by atoms with Gasteiger partial charge in [-0.3, -0.25) is 4.79 Å². The fraction of sp³-hybridized carbons (Fsp3) is 0.438. The first kappa shape index (κ1) is 14.6. The molecule has 2 heterocycles. The summed E-state index contributed by atoms with van der Waals surface area (Å²) < 4.78 is 10.9. The van der Waals surface area contributed by atoms with E-state index in [2.05, 4.69) is 10.2 Å². The first-order valence-corrected chi connectivity index (χ1v) is 7.40. The molecule has 0 saturated carbocycles. The van der Waals surface area contributed by atoms with Gasteiger partial charge >= 0.3 is 0 Å². The normalized spacial score (nSPS) is 15.8. The average Bonchev–Trinajstić information content (AvgIpc) is 3.05. The summed E-state index contributed by atoms with van der Waals surface area (Å²) in [6.45, 7) is 3.11. The van der Waals surface area contributed by atoms with E-state index in [4.69, 9.17) is 9.15 Å². The van der Waals surface area contributed by atoms with Gasteiger partial charge in [0.25, 0.3) is 0 Å². The van der Waals surface area contributed by atoms with Crippen molar-refractivity contribution >= 4 is 5.91 Å². The monoisotopic (exact) mass is 301 g/mol. The van der Waals surface area contributed by atoms with Gasteiger partial charge in [0.05, 0.1) is 7.11 Å². The predicted molar refractivity (Wildman–Crippen MR) is 80.5 cm³/mol. The number of aromatic nitrogens is 2. The highest BCUT2D eigenvalue weighted by Crippen LogP contribution is 2.29. The summed E-state index contributed by atoms with van der Waals surface area (Å²) in [6, 6.07) is 7.53. The summed E-state index contributed by atoms with van der Waals surface area (Å²) in [5.74, 6) is 2.33. The quantitative estimate of drug-likeness (QED) is 0.871. The first-order valence-electron chi connectivity index (χ1n) is 7.40. The zero-order chi connectivity index (χ0) is 15.5. The van der Waals surface area contributed by atoms with Gasteiger partial charge in [-0.25, -0.2) is 0 Å². The largest absolute Gasteiger partial charge is 0.497 e. The zero-order valence-corrected chi connectivity index (χ0v) is 12.8. The molecule has 1 aliphatic rings. The molecule has 0 spiro atoms. The Morgan fingerprint density at radius 3 is 2.50 bits per heavy atom. The molecule has 2 aromatic rings. The molecule has 1 aromatic heterocycles. The lowest BCUT2D eigenvalue weighted by Crippen LogP contribution is -2.36. The van der Waals surface area contributed by atoms with Crippen molar-refractivity contribution in [2.24, 2.45) is 0 Å². The van der Waals surface area contributed by atoms with Crippen molar-refractivity contribution in [3.8, 4) is 17.2 Å². The SMILES string of the molecule is COc1ccc(-c2nnc(C3CCN(C(C)=O)CC3)o2)cc1. The Labute approximate surface area is 129 Å². The van der Waals surface area contributed by atoms with Crippen molar-refractivity contribution in [1.82, 2.24) is 15.1 Å². The lowest BCUT2D eigenvalue weighted by molar-refractivity contribution is -0.129. The van der Waals surface area contributed by atoms with E-state index in [0.717, 1.165) is 37.2 Å². The Morgan fingerprint density at radius 2 is 1.91 bits per heavy atom. The second-order valence-electron chi connectivity index (χ2n) is 5.45. The van der Waals surface area contributed by atoms with Crippen LogP contribution < -0.4 is 4.74 Å². The summed E-state index contributed by atoms with van der Waals surface area (Å²) >= 11 is 0. The van der Waals surface area contributed by atoms with Crippen LogP contribution in [0, 0.1) is 0 Å². The third kappa shape index (κ3) is 2.95. The van der Waals surface area contributed by atoms with Crippen molar-refractivity contribution in [1.29, 1.82) is 0 Å². The highest BCUT2D eigenvalue weighted by molar-refractivity contribution is 5.73. The summed E-state index contributed by atoms with van der Waals surface area (Å²) in [4.78, 5) is 13.2. The number of benzene rings is 1. The Hall–Kier alpha value is -2.37. The third-order valence-corrected chi connectivity index (χ3v) is 4.07. The fourth-order valence-corrected chi connectivity index (χ4v) is 2.69. The molecule has 0 N–H and O–H groups in total. The van der Waals surface area contributed by atoms with Crippen LogP contribution in [0.5, 0.6) is 5.75 Å². The van der Waals surface area contributed by atoms with Crippen molar-refractivity contribution in [3.05, 3.63) is 30.2 Å². The maximum atomic E-state index is 11.3. The first-order chi connectivity index (χ1) is 10.7. The van der Waals surface area contributed by atoms with Gasteiger partial charge in [0.2, 0.25) is 17.7 Å². The van der Waals surface area contributed by atoms with E-state index in [9.17, 15) is 4.79 Å². The van der Waals surface area contributed by atoms with Crippen LogP contribution in [0.15, 0.2) is 28.7 Å². The van der Waals surface area contributed by atoms with E-state index in [0.29, 0.717) is 11.8 Å². The van der Waals surface area contributed by atoms with Crippen LogP contribution in [-0.4, -0.2) is 41.2 Å². The van der Waals surface area contributed by atoms with Gasteiger partial charge < -0.3 is 14.1 Å². The van der Waals surface area contributed by atoms with Crippen LogP contribution in [0.4, 0.5) is 0 Å².